The Hall–Kier alpha value is -4.04. The first-order valence-electron chi connectivity index (χ1n) is 13.0. The Labute approximate surface area is 222 Å². The molecule has 5 rings (SSSR count). The molecule has 1 unspecified atom stereocenters. The van der Waals surface area contributed by atoms with Gasteiger partial charge in [-0.2, -0.15) is 0 Å². The van der Waals surface area contributed by atoms with Crippen LogP contribution in [0.5, 0.6) is 0 Å². The molecular formula is C30H33N5O3. The van der Waals surface area contributed by atoms with E-state index in [-0.39, 0.29) is 18.2 Å². The van der Waals surface area contributed by atoms with E-state index in [0.29, 0.717) is 25.2 Å². The summed E-state index contributed by atoms with van der Waals surface area (Å²) < 4.78 is 1.85. The van der Waals surface area contributed by atoms with E-state index >= 15 is 0 Å². The molecule has 4 aromatic rings. The fourth-order valence-corrected chi connectivity index (χ4v) is 5.46. The van der Waals surface area contributed by atoms with Crippen LogP contribution in [0, 0.1) is 20.8 Å². The van der Waals surface area contributed by atoms with Crippen LogP contribution in [0.1, 0.15) is 68.6 Å². The number of hydrogen-bond acceptors (Lipinski definition) is 5. The van der Waals surface area contributed by atoms with Crippen LogP contribution in [0.25, 0.3) is 11.0 Å². The van der Waals surface area contributed by atoms with Gasteiger partial charge >= 0.3 is 0 Å². The van der Waals surface area contributed by atoms with Crippen LogP contribution >= 0.6 is 0 Å². The Balaban J connectivity index is 1.50. The van der Waals surface area contributed by atoms with E-state index in [0.717, 1.165) is 45.3 Å². The molecule has 0 bridgehead atoms. The van der Waals surface area contributed by atoms with Crippen molar-refractivity contribution in [2.45, 2.75) is 59.5 Å². The second-order valence-electron chi connectivity index (χ2n) is 10.1. The fraction of sp³-hybridized carbons (Fsp3) is 0.333. The Morgan fingerprint density at radius 1 is 1.03 bits per heavy atom. The molecule has 1 aliphatic rings. The van der Waals surface area contributed by atoms with E-state index in [4.69, 9.17) is 0 Å². The molecule has 196 valence electrons. The molecule has 8 nitrogen and oxygen atoms in total. The van der Waals surface area contributed by atoms with Gasteiger partial charge in [-0.15, -0.1) is 5.10 Å². The van der Waals surface area contributed by atoms with Crippen molar-refractivity contribution in [3.05, 3.63) is 93.0 Å². The number of nitrogens with one attached hydrogen (secondary N) is 1. The number of rotatable bonds is 6. The van der Waals surface area contributed by atoms with Crippen molar-refractivity contribution in [2.75, 3.05) is 6.54 Å². The van der Waals surface area contributed by atoms with E-state index in [1.807, 2.05) is 67.6 Å². The highest BCUT2D eigenvalue weighted by Crippen LogP contribution is 2.35. The van der Waals surface area contributed by atoms with Gasteiger partial charge in [-0.1, -0.05) is 35.5 Å². The fourth-order valence-electron chi connectivity index (χ4n) is 5.46. The van der Waals surface area contributed by atoms with Crippen LogP contribution in [0.15, 0.2) is 48.5 Å². The number of amides is 2. The first-order valence-corrected chi connectivity index (χ1v) is 13.0. The Bertz CT molecular complexity index is 1540. The molecule has 0 spiro atoms. The maximum atomic E-state index is 13.3. The molecule has 0 aliphatic carbocycles. The predicted octanol–water partition coefficient (Wildman–Crippen LogP) is 4.60. The number of fused-ring (bicyclic) bond motifs is 2. The van der Waals surface area contributed by atoms with Gasteiger partial charge in [-0.3, -0.25) is 14.8 Å². The number of hydrogen-bond donors (Lipinski definition) is 2. The van der Waals surface area contributed by atoms with E-state index in [1.54, 1.807) is 5.48 Å². The summed E-state index contributed by atoms with van der Waals surface area (Å²) in [5.41, 5.74) is 11.7. The quantitative estimate of drug-likeness (QED) is 0.291. The number of benzene rings is 3. The molecule has 38 heavy (non-hydrogen) atoms. The van der Waals surface area contributed by atoms with Gasteiger partial charge in [0.05, 0.1) is 5.52 Å². The molecule has 1 atom stereocenters. The summed E-state index contributed by atoms with van der Waals surface area (Å²) in [7, 11) is 0. The third-order valence-corrected chi connectivity index (χ3v) is 7.86. The van der Waals surface area contributed by atoms with Crippen LogP contribution in [-0.2, 0) is 24.3 Å². The minimum atomic E-state index is -0.462. The SMILES string of the molecule is CCn1nnc2c(C)c(C(CC(=O)NO)c3ccc4c(c3)CN(C(=O)c3ccc(C)c(C)c3)CC4)ccc21. The number of carbonyl (C=O) groups excluding carboxylic acids is 2. The zero-order valence-electron chi connectivity index (χ0n) is 22.3. The Morgan fingerprint density at radius 3 is 2.58 bits per heavy atom. The third-order valence-electron chi connectivity index (χ3n) is 7.86. The van der Waals surface area contributed by atoms with Crippen LogP contribution in [-0.4, -0.2) is 43.5 Å². The van der Waals surface area contributed by atoms with Crippen molar-refractivity contribution in [2.24, 2.45) is 0 Å². The number of carbonyl (C=O) groups is 2. The van der Waals surface area contributed by atoms with Crippen molar-refractivity contribution < 1.29 is 14.8 Å². The van der Waals surface area contributed by atoms with Crippen molar-refractivity contribution >= 4 is 22.8 Å². The molecule has 0 radical (unpaired) electrons. The van der Waals surface area contributed by atoms with Crippen molar-refractivity contribution in [1.29, 1.82) is 0 Å². The smallest absolute Gasteiger partial charge is 0.254 e. The highest BCUT2D eigenvalue weighted by Gasteiger charge is 2.26. The molecule has 1 aromatic heterocycles. The van der Waals surface area contributed by atoms with Crippen LogP contribution < -0.4 is 5.48 Å². The summed E-state index contributed by atoms with van der Waals surface area (Å²) in [6.07, 6.45) is 0.855. The van der Waals surface area contributed by atoms with E-state index in [1.165, 1.54) is 11.1 Å². The lowest BCUT2D eigenvalue weighted by atomic mass is 9.83. The zero-order valence-corrected chi connectivity index (χ0v) is 22.3. The Morgan fingerprint density at radius 2 is 1.84 bits per heavy atom. The summed E-state index contributed by atoms with van der Waals surface area (Å²) in [4.78, 5) is 27.6. The molecule has 3 aromatic carbocycles. The minimum Gasteiger partial charge on any atom is -0.334 e. The first-order chi connectivity index (χ1) is 18.3. The molecule has 8 heteroatoms. The summed E-state index contributed by atoms with van der Waals surface area (Å²) in [6.45, 7) is 9.98. The van der Waals surface area contributed by atoms with Gasteiger partial charge in [0, 0.05) is 37.5 Å². The molecule has 0 saturated heterocycles. The highest BCUT2D eigenvalue weighted by atomic mass is 16.5. The normalized spacial score (nSPS) is 13.9. The van der Waals surface area contributed by atoms with Gasteiger partial charge in [-0.25, -0.2) is 10.2 Å². The molecular weight excluding hydrogens is 478 g/mol. The number of aromatic nitrogens is 3. The van der Waals surface area contributed by atoms with Gasteiger partial charge in [0.25, 0.3) is 5.91 Å². The summed E-state index contributed by atoms with van der Waals surface area (Å²) in [5, 5.41) is 18.0. The van der Waals surface area contributed by atoms with Crippen molar-refractivity contribution in [3.63, 3.8) is 0 Å². The Kier molecular flexibility index (Phi) is 6.99. The van der Waals surface area contributed by atoms with E-state index in [2.05, 4.69) is 28.5 Å². The van der Waals surface area contributed by atoms with E-state index in [9.17, 15) is 14.8 Å². The first kappa shape index (κ1) is 25.6. The van der Waals surface area contributed by atoms with Gasteiger partial charge in [0.2, 0.25) is 5.91 Å². The van der Waals surface area contributed by atoms with Crippen LogP contribution in [0.2, 0.25) is 0 Å². The summed E-state index contributed by atoms with van der Waals surface area (Å²) in [6, 6.07) is 16.1. The molecule has 2 heterocycles. The van der Waals surface area contributed by atoms with Gasteiger partial charge in [-0.05, 0) is 91.3 Å². The van der Waals surface area contributed by atoms with Crippen molar-refractivity contribution in [3.8, 4) is 0 Å². The maximum Gasteiger partial charge on any atom is 0.254 e. The standard InChI is InChI=1S/C30H33N5O3/c1-5-35-27-11-10-25(20(4)29(27)31-33-35)26(16-28(36)32-38)22-9-8-21-12-13-34(17-24(21)15-22)30(37)23-7-6-18(2)19(3)14-23/h6-11,14-15,26,38H,5,12-13,16-17H2,1-4H3,(H,32,36). The lowest BCUT2D eigenvalue weighted by Crippen LogP contribution is -2.36. The topological polar surface area (TPSA) is 100 Å². The molecule has 0 saturated carbocycles. The van der Waals surface area contributed by atoms with Gasteiger partial charge in [0.15, 0.2) is 0 Å². The minimum absolute atomic E-state index is 0.0284. The monoisotopic (exact) mass is 511 g/mol. The maximum absolute atomic E-state index is 13.3. The van der Waals surface area contributed by atoms with E-state index < -0.39 is 5.91 Å². The summed E-state index contributed by atoms with van der Waals surface area (Å²) >= 11 is 0. The molecule has 1 aliphatic heterocycles. The lowest BCUT2D eigenvalue weighted by molar-refractivity contribution is -0.129. The summed E-state index contributed by atoms with van der Waals surface area (Å²) in [5.74, 6) is -0.730. The molecule has 0 fully saturated rings. The van der Waals surface area contributed by atoms with Gasteiger partial charge in [0.1, 0.15) is 5.52 Å². The third kappa shape index (κ3) is 4.67. The predicted molar refractivity (Wildman–Crippen MR) is 145 cm³/mol. The lowest BCUT2D eigenvalue weighted by Gasteiger charge is -2.30. The number of aryl methyl sites for hydroxylation is 4. The van der Waals surface area contributed by atoms with Crippen LogP contribution in [0.3, 0.4) is 0 Å². The number of hydroxylamine groups is 1. The second kappa shape index (κ2) is 10.4. The zero-order chi connectivity index (χ0) is 27.0. The molecule has 2 amide bonds. The molecule has 2 N–H and O–H groups in total. The average molecular weight is 512 g/mol. The highest BCUT2D eigenvalue weighted by molar-refractivity contribution is 5.94. The largest absolute Gasteiger partial charge is 0.334 e. The van der Waals surface area contributed by atoms with Crippen LogP contribution in [0.4, 0.5) is 0 Å². The van der Waals surface area contributed by atoms with Gasteiger partial charge < -0.3 is 4.90 Å². The second-order valence-corrected chi connectivity index (χ2v) is 10.1. The number of nitrogens with zero attached hydrogens (tertiary/aromatic N) is 4. The average Bonchev–Trinajstić information content (AvgIpc) is 3.36. The van der Waals surface area contributed by atoms with Crippen molar-refractivity contribution in [1.82, 2.24) is 25.4 Å².